The molecule has 0 amide bonds. The molecule has 2 aromatic carbocycles. The molecule has 0 radical (unpaired) electrons. The van der Waals surface area contributed by atoms with E-state index in [9.17, 15) is 8.42 Å². The van der Waals surface area contributed by atoms with Gasteiger partial charge in [-0.2, -0.15) is 9.29 Å². The van der Waals surface area contributed by atoms with E-state index in [2.05, 4.69) is 20.2 Å². The van der Waals surface area contributed by atoms with Gasteiger partial charge in [-0.3, -0.25) is 0 Å². The van der Waals surface area contributed by atoms with Crippen molar-refractivity contribution in [2.75, 3.05) is 43.0 Å². The molecule has 33 heavy (non-hydrogen) atoms. The van der Waals surface area contributed by atoms with Crippen LogP contribution in [0.15, 0.2) is 53.4 Å². The van der Waals surface area contributed by atoms with Crippen LogP contribution >= 0.6 is 0 Å². The molecular formula is C24H27N5O3S. The fraction of sp³-hybridized carbons (Fsp3) is 0.333. The number of piperazine rings is 1. The number of sulfonamides is 1. The number of aryl methyl sites for hydroxylation is 2. The first-order valence-electron chi connectivity index (χ1n) is 11.1. The zero-order valence-corrected chi connectivity index (χ0v) is 19.6. The Labute approximate surface area is 194 Å². The molecule has 0 atom stereocenters. The lowest BCUT2D eigenvalue weighted by molar-refractivity contribution is 0.356. The molecule has 2 aliphatic heterocycles. The van der Waals surface area contributed by atoms with Crippen LogP contribution in [0.4, 0.5) is 17.5 Å². The van der Waals surface area contributed by atoms with E-state index in [0.29, 0.717) is 43.6 Å². The smallest absolute Gasteiger partial charge is 0.243 e. The molecule has 3 heterocycles. The van der Waals surface area contributed by atoms with E-state index in [4.69, 9.17) is 4.74 Å². The molecule has 172 valence electrons. The number of benzene rings is 2. The number of fused-ring (bicyclic) bond motifs is 1. The van der Waals surface area contributed by atoms with Crippen LogP contribution in [0.1, 0.15) is 16.8 Å². The fourth-order valence-electron chi connectivity index (χ4n) is 4.17. The van der Waals surface area contributed by atoms with Gasteiger partial charge in [-0.1, -0.05) is 17.7 Å². The predicted octanol–water partition coefficient (Wildman–Crippen LogP) is 3.28. The third-order valence-electron chi connectivity index (χ3n) is 6.01. The van der Waals surface area contributed by atoms with Gasteiger partial charge in [0.25, 0.3) is 0 Å². The van der Waals surface area contributed by atoms with Crippen molar-refractivity contribution in [1.82, 2.24) is 14.3 Å². The first kappa shape index (κ1) is 21.7. The molecule has 1 aromatic heterocycles. The number of aromatic nitrogens is 2. The van der Waals surface area contributed by atoms with Gasteiger partial charge in [-0.25, -0.2) is 13.4 Å². The molecule has 0 bridgehead atoms. The summed E-state index contributed by atoms with van der Waals surface area (Å²) in [5.74, 6) is 2.11. The third kappa shape index (κ3) is 4.51. The SMILES string of the molecule is Cc1ccc(Nc2nc(C)cc(N3CCN(S(=O)(=O)c4ccc5c(c4)CCO5)CC3)n2)cc1. The standard InChI is InChI=1S/C24H27N5O3S/c1-17-3-5-20(6-4-17)26-24-25-18(2)15-23(27-24)28-10-12-29(13-11-28)33(30,31)21-7-8-22-19(16-21)9-14-32-22/h3-8,15-16H,9-14H2,1-2H3,(H,25,26,27). The summed E-state index contributed by atoms with van der Waals surface area (Å²) in [7, 11) is -3.54. The number of anilines is 3. The maximum absolute atomic E-state index is 13.2. The highest BCUT2D eigenvalue weighted by Gasteiger charge is 2.30. The van der Waals surface area contributed by atoms with E-state index in [-0.39, 0.29) is 0 Å². The molecule has 3 aromatic rings. The Balaban J connectivity index is 1.29. The van der Waals surface area contributed by atoms with Gasteiger partial charge in [0.05, 0.1) is 11.5 Å². The Kier molecular flexibility index (Phi) is 5.67. The maximum Gasteiger partial charge on any atom is 0.243 e. The van der Waals surface area contributed by atoms with Crippen molar-refractivity contribution in [3.63, 3.8) is 0 Å². The monoisotopic (exact) mass is 465 g/mol. The molecule has 9 heteroatoms. The molecule has 1 saturated heterocycles. The molecule has 8 nitrogen and oxygen atoms in total. The Hall–Kier alpha value is -3.17. The Bertz CT molecular complexity index is 1270. The third-order valence-corrected chi connectivity index (χ3v) is 7.90. The molecule has 0 unspecified atom stereocenters. The summed E-state index contributed by atoms with van der Waals surface area (Å²) in [6.45, 7) is 6.52. The summed E-state index contributed by atoms with van der Waals surface area (Å²) in [6, 6.07) is 15.1. The maximum atomic E-state index is 13.2. The van der Waals surface area contributed by atoms with Crippen LogP contribution < -0.4 is 15.0 Å². The highest BCUT2D eigenvalue weighted by molar-refractivity contribution is 7.89. The number of nitrogens with one attached hydrogen (secondary N) is 1. The van der Waals surface area contributed by atoms with Crippen LogP contribution in [-0.4, -0.2) is 55.5 Å². The summed E-state index contributed by atoms with van der Waals surface area (Å²) in [5, 5.41) is 3.26. The normalized spacial score (nSPS) is 16.4. The van der Waals surface area contributed by atoms with Crippen LogP contribution in [0.5, 0.6) is 5.75 Å². The zero-order valence-electron chi connectivity index (χ0n) is 18.8. The van der Waals surface area contributed by atoms with E-state index in [1.807, 2.05) is 44.2 Å². The second kappa shape index (κ2) is 8.64. The van der Waals surface area contributed by atoms with Gasteiger partial charge in [-0.15, -0.1) is 0 Å². The van der Waals surface area contributed by atoms with E-state index in [0.717, 1.165) is 34.9 Å². The van der Waals surface area contributed by atoms with E-state index in [1.54, 1.807) is 22.5 Å². The minimum absolute atomic E-state index is 0.336. The average Bonchev–Trinajstić information content (AvgIpc) is 3.28. The molecule has 5 rings (SSSR count). The van der Waals surface area contributed by atoms with Crippen LogP contribution in [0.3, 0.4) is 0 Å². The van der Waals surface area contributed by atoms with Crippen molar-refractivity contribution < 1.29 is 13.2 Å². The molecule has 2 aliphatic rings. The Morgan fingerprint density at radius 1 is 0.939 bits per heavy atom. The molecule has 0 saturated carbocycles. The van der Waals surface area contributed by atoms with Gasteiger partial charge in [0.2, 0.25) is 16.0 Å². The van der Waals surface area contributed by atoms with Gasteiger partial charge in [0, 0.05) is 50.0 Å². The lowest BCUT2D eigenvalue weighted by Gasteiger charge is -2.34. The zero-order chi connectivity index (χ0) is 23.0. The van der Waals surface area contributed by atoms with Crippen LogP contribution in [0, 0.1) is 13.8 Å². The van der Waals surface area contributed by atoms with Crippen molar-refractivity contribution in [2.45, 2.75) is 25.2 Å². The average molecular weight is 466 g/mol. The largest absolute Gasteiger partial charge is 0.493 e. The van der Waals surface area contributed by atoms with Gasteiger partial charge in [-0.05, 0) is 49.7 Å². The summed E-state index contributed by atoms with van der Waals surface area (Å²) in [6.07, 6.45) is 0.749. The first-order valence-corrected chi connectivity index (χ1v) is 12.5. The summed E-state index contributed by atoms with van der Waals surface area (Å²) in [4.78, 5) is 11.6. The number of ether oxygens (including phenoxy) is 1. The predicted molar refractivity (Wildman–Crippen MR) is 128 cm³/mol. The van der Waals surface area contributed by atoms with Crippen molar-refractivity contribution in [3.05, 3.63) is 65.4 Å². The number of hydrogen-bond donors (Lipinski definition) is 1. The van der Waals surface area contributed by atoms with Gasteiger partial charge in [0.1, 0.15) is 11.6 Å². The lowest BCUT2D eigenvalue weighted by Crippen LogP contribution is -2.49. The summed E-state index contributed by atoms with van der Waals surface area (Å²) in [5.41, 5.74) is 3.92. The minimum atomic E-state index is -3.54. The summed E-state index contributed by atoms with van der Waals surface area (Å²) >= 11 is 0. The molecule has 1 N–H and O–H groups in total. The van der Waals surface area contributed by atoms with Crippen LogP contribution in [0.25, 0.3) is 0 Å². The number of nitrogens with zero attached hydrogens (tertiary/aromatic N) is 4. The van der Waals surface area contributed by atoms with E-state index < -0.39 is 10.0 Å². The highest BCUT2D eigenvalue weighted by atomic mass is 32.2. The van der Waals surface area contributed by atoms with Crippen LogP contribution in [-0.2, 0) is 16.4 Å². The van der Waals surface area contributed by atoms with Gasteiger partial charge < -0.3 is 15.0 Å². The second-order valence-electron chi connectivity index (χ2n) is 8.44. The molecular weight excluding hydrogens is 438 g/mol. The van der Waals surface area contributed by atoms with Crippen molar-refractivity contribution in [3.8, 4) is 5.75 Å². The molecule has 0 aliphatic carbocycles. The highest BCUT2D eigenvalue weighted by Crippen LogP contribution is 2.29. The van der Waals surface area contributed by atoms with Gasteiger partial charge in [0.15, 0.2) is 0 Å². The fourth-order valence-corrected chi connectivity index (χ4v) is 5.64. The first-order chi connectivity index (χ1) is 15.9. The lowest BCUT2D eigenvalue weighted by atomic mass is 10.2. The number of hydrogen-bond acceptors (Lipinski definition) is 7. The number of rotatable bonds is 5. The van der Waals surface area contributed by atoms with Crippen molar-refractivity contribution in [1.29, 1.82) is 0 Å². The quantitative estimate of drug-likeness (QED) is 0.619. The molecule has 0 spiro atoms. The van der Waals surface area contributed by atoms with E-state index >= 15 is 0 Å². The minimum Gasteiger partial charge on any atom is -0.493 e. The Morgan fingerprint density at radius 3 is 2.45 bits per heavy atom. The van der Waals surface area contributed by atoms with Crippen molar-refractivity contribution >= 4 is 27.5 Å². The summed E-state index contributed by atoms with van der Waals surface area (Å²) < 4.78 is 33.5. The van der Waals surface area contributed by atoms with E-state index in [1.165, 1.54) is 5.56 Å². The Morgan fingerprint density at radius 2 is 1.70 bits per heavy atom. The topological polar surface area (TPSA) is 87.7 Å². The second-order valence-corrected chi connectivity index (χ2v) is 10.4. The van der Waals surface area contributed by atoms with Crippen molar-refractivity contribution in [2.24, 2.45) is 0 Å². The van der Waals surface area contributed by atoms with Crippen LogP contribution in [0.2, 0.25) is 0 Å². The molecule has 1 fully saturated rings. The van der Waals surface area contributed by atoms with Gasteiger partial charge >= 0.3 is 0 Å².